The van der Waals surface area contributed by atoms with Crippen molar-refractivity contribution >= 4 is 17.5 Å². The molecule has 7 nitrogen and oxygen atoms in total. The fraction of sp³-hybridized carbons (Fsp3) is 0.409. The zero-order chi connectivity index (χ0) is 20.4. The third kappa shape index (κ3) is 4.04. The van der Waals surface area contributed by atoms with Gasteiger partial charge in [-0.15, -0.1) is 0 Å². The predicted octanol–water partition coefficient (Wildman–Crippen LogP) is 2.64. The van der Waals surface area contributed by atoms with E-state index in [0.717, 1.165) is 18.4 Å². The molecule has 4 rings (SSSR count). The van der Waals surface area contributed by atoms with E-state index < -0.39 is 0 Å². The van der Waals surface area contributed by atoms with Crippen LogP contribution >= 0.6 is 0 Å². The number of rotatable bonds is 7. The summed E-state index contributed by atoms with van der Waals surface area (Å²) in [6, 6.07) is 9.45. The van der Waals surface area contributed by atoms with Crippen molar-refractivity contribution in [3.63, 3.8) is 0 Å². The van der Waals surface area contributed by atoms with Crippen molar-refractivity contribution in [3.8, 4) is 11.5 Å². The summed E-state index contributed by atoms with van der Waals surface area (Å²) in [7, 11) is 3.15. The third-order valence-electron chi connectivity index (χ3n) is 5.50. The zero-order valence-electron chi connectivity index (χ0n) is 16.7. The molecule has 1 saturated heterocycles. The third-order valence-corrected chi connectivity index (χ3v) is 5.50. The Morgan fingerprint density at radius 3 is 2.72 bits per heavy atom. The first-order valence-corrected chi connectivity index (χ1v) is 9.82. The molecule has 0 spiro atoms. The zero-order valence-corrected chi connectivity index (χ0v) is 16.7. The average Bonchev–Trinajstić information content (AvgIpc) is 3.53. The van der Waals surface area contributed by atoms with Gasteiger partial charge in [-0.05, 0) is 36.6 Å². The van der Waals surface area contributed by atoms with Crippen LogP contribution in [0.2, 0.25) is 0 Å². The maximum Gasteiger partial charge on any atom is 0.228 e. The predicted molar refractivity (Wildman–Crippen MR) is 108 cm³/mol. The van der Waals surface area contributed by atoms with Gasteiger partial charge < -0.3 is 19.3 Å². The molecule has 29 heavy (non-hydrogen) atoms. The Kier molecular flexibility index (Phi) is 5.38. The molecular formula is C22H25N3O4. The second-order valence-corrected chi connectivity index (χ2v) is 7.50. The smallest absolute Gasteiger partial charge is 0.228 e. The van der Waals surface area contributed by atoms with Gasteiger partial charge in [0.15, 0.2) is 0 Å². The van der Waals surface area contributed by atoms with Crippen LogP contribution in [-0.2, 0) is 16.1 Å². The number of amides is 2. The molecule has 1 atom stereocenters. The molecule has 7 heteroatoms. The molecule has 0 unspecified atom stereocenters. The van der Waals surface area contributed by atoms with Crippen LogP contribution < -0.4 is 14.4 Å². The summed E-state index contributed by atoms with van der Waals surface area (Å²) >= 11 is 0. The highest BCUT2D eigenvalue weighted by atomic mass is 16.5. The fourth-order valence-electron chi connectivity index (χ4n) is 3.81. The number of carbonyl (C=O) groups excluding carboxylic acids is 2. The van der Waals surface area contributed by atoms with Gasteiger partial charge in [-0.3, -0.25) is 14.6 Å². The summed E-state index contributed by atoms with van der Waals surface area (Å²) in [5.74, 6) is 0.818. The second kappa shape index (κ2) is 8.11. The lowest BCUT2D eigenvalue weighted by molar-refractivity contribution is -0.137. The molecule has 2 fully saturated rings. The van der Waals surface area contributed by atoms with E-state index in [9.17, 15) is 9.59 Å². The van der Waals surface area contributed by atoms with Gasteiger partial charge >= 0.3 is 0 Å². The van der Waals surface area contributed by atoms with Crippen molar-refractivity contribution in [2.75, 3.05) is 25.7 Å². The van der Waals surface area contributed by atoms with Gasteiger partial charge in [-0.1, -0.05) is 6.07 Å². The normalized spacial score (nSPS) is 18.6. The van der Waals surface area contributed by atoms with Crippen molar-refractivity contribution in [2.45, 2.75) is 31.8 Å². The number of ether oxygens (including phenoxy) is 2. The number of hydrogen-bond donors (Lipinski definition) is 0. The summed E-state index contributed by atoms with van der Waals surface area (Å²) in [4.78, 5) is 33.8. The minimum absolute atomic E-state index is 0.0362. The second-order valence-electron chi connectivity index (χ2n) is 7.50. The van der Waals surface area contributed by atoms with Crippen LogP contribution in [0.25, 0.3) is 0 Å². The van der Waals surface area contributed by atoms with E-state index in [1.54, 1.807) is 49.7 Å². The van der Waals surface area contributed by atoms with Crippen molar-refractivity contribution in [3.05, 3.63) is 48.3 Å². The number of carbonyl (C=O) groups is 2. The number of pyridine rings is 1. The van der Waals surface area contributed by atoms with Gasteiger partial charge in [0.05, 0.1) is 25.8 Å². The maximum absolute atomic E-state index is 13.3. The van der Waals surface area contributed by atoms with Gasteiger partial charge in [0.2, 0.25) is 11.8 Å². The molecule has 2 amide bonds. The summed E-state index contributed by atoms with van der Waals surface area (Å²) < 4.78 is 10.7. The van der Waals surface area contributed by atoms with E-state index in [0.29, 0.717) is 30.3 Å². The minimum Gasteiger partial charge on any atom is -0.497 e. The first-order chi connectivity index (χ1) is 14.1. The molecule has 0 bridgehead atoms. The highest BCUT2D eigenvalue weighted by Gasteiger charge is 2.42. The Morgan fingerprint density at radius 1 is 1.24 bits per heavy atom. The lowest BCUT2D eigenvalue weighted by Gasteiger charge is -2.26. The van der Waals surface area contributed by atoms with Crippen LogP contribution in [0.4, 0.5) is 5.69 Å². The molecule has 1 aliphatic heterocycles. The molecule has 1 aromatic carbocycles. The van der Waals surface area contributed by atoms with E-state index in [1.807, 2.05) is 17.0 Å². The molecular weight excluding hydrogens is 370 g/mol. The van der Waals surface area contributed by atoms with Crippen LogP contribution in [0.3, 0.4) is 0 Å². The largest absolute Gasteiger partial charge is 0.497 e. The molecule has 2 heterocycles. The topological polar surface area (TPSA) is 72.0 Å². The Bertz CT molecular complexity index is 898. The summed E-state index contributed by atoms with van der Waals surface area (Å²) in [5.41, 5.74) is 1.64. The standard InChI is InChI=1S/C22H25N3O4/c1-28-18-7-8-20(29-2)19(11-18)25-14-16(10-21(25)26)22(27)24(17-5-6-17)13-15-4-3-9-23-12-15/h3-4,7-9,11-12,16-17H,5-6,10,13-14H2,1-2H3/t16-/m1/s1. The molecule has 2 aliphatic rings. The van der Waals surface area contributed by atoms with E-state index in [2.05, 4.69) is 4.98 Å². The molecule has 1 aliphatic carbocycles. The first kappa shape index (κ1) is 19.2. The SMILES string of the molecule is COc1ccc(OC)c(N2C[C@H](C(=O)N(Cc3cccnc3)C3CC3)CC2=O)c1. The molecule has 0 radical (unpaired) electrons. The number of anilines is 1. The van der Waals surface area contributed by atoms with Crippen molar-refractivity contribution in [1.29, 1.82) is 0 Å². The monoisotopic (exact) mass is 395 g/mol. The quantitative estimate of drug-likeness (QED) is 0.721. The average molecular weight is 395 g/mol. The van der Waals surface area contributed by atoms with Crippen molar-refractivity contribution in [1.82, 2.24) is 9.88 Å². The fourth-order valence-corrected chi connectivity index (χ4v) is 3.81. The highest BCUT2D eigenvalue weighted by molar-refractivity contribution is 6.01. The van der Waals surface area contributed by atoms with E-state index in [4.69, 9.17) is 9.47 Å². The Hall–Kier alpha value is -3.09. The number of hydrogen-bond acceptors (Lipinski definition) is 5. The van der Waals surface area contributed by atoms with Gasteiger partial charge in [-0.25, -0.2) is 0 Å². The van der Waals surface area contributed by atoms with Crippen LogP contribution in [0, 0.1) is 5.92 Å². The lowest BCUT2D eigenvalue weighted by Crippen LogP contribution is -2.38. The highest BCUT2D eigenvalue weighted by Crippen LogP contribution is 2.37. The van der Waals surface area contributed by atoms with Crippen LogP contribution in [-0.4, -0.2) is 48.5 Å². The van der Waals surface area contributed by atoms with E-state index in [-0.39, 0.29) is 30.2 Å². The molecule has 1 saturated carbocycles. The van der Waals surface area contributed by atoms with Crippen molar-refractivity contribution < 1.29 is 19.1 Å². The number of aromatic nitrogens is 1. The molecule has 152 valence electrons. The number of benzene rings is 1. The summed E-state index contributed by atoms with van der Waals surface area (Å²) in [6.45, 7) is 0.877. The Balaban J connectivity index is 1.53. The van der Waals surface area contributed by atoms with Crippen LogP contribution in [0.1, 0.15) is 24.8 Å². The van der Waals surface area contributed by atoms with Gasteiger partial charge in [-0.2, -0.15) is 0 Å². The molecule has 1 aromatic heterocycles. The molecule has 2 aromatic rings. The van der Waals surface area contributed by atoms with Crippen LogP contribution in [0.15, 0.2) is 42.7 Å². The molecule has 0 N–H and O–H groups in total. The lowest BCUT2D eigenvalue weighted by atomic mass is 10.1. The van der Waals surface area contributed by atoms with Gasteiger partial charge in [0.25, 0.3) is 0 Å². The Morgan fingerprint density at radius 2 is 2.07 bits per heavy atom. The number of nitrogens with zero attached hydrogens (tertiary/aromatic N) is 3. The Labute approximate surface area is 170 Å². The van der Waals surface area contributed by atoms with Gasteiger partial charge in [0.1, 0.15) is 11.5 Å². The summed E-state index contributed by atoms with van der Waals surface area (Å²) in [5, 5.41) is 0. The van der Waals surface area contributed by atoms with E-state index >= 15 is 0 Å². The summed E-state index contributed by atoms with van der Waals surface area (Å²) in [6.07, 6.45) is 5.74. The van der Waals surface area contributed by atoms with Crippen LogP contribution in [0.5, 0.6) is 11.5 Å². The first-order valence-electron chi connectivity index (χ1n) is 9.82. The maximum atomic E-state index is 13.3. The van der Waals surface area contributed by atoms with Crippen molar-refractivity contribution in [2.24, 2.45) is 5.92 Å². The van der Waals surface area contributed by atoms with E-state index in [1.165, 1.54) is 0 Å². The minimum atomic E-state index is -0.365. The van der Waals surface area contributed by atoms with Gasteiger partial charge in [0, 0.05) is 44.0 Å². The number of methoxy groups -OCH3 is 2.